The summed E-state index contributed by atoms with van der Waals surface area (Å²) in [5.74, 6) is -1.15. The van der Waals surface area contributed by atoms with E-state index in [-0.39, 0.29) is 17.8 Å². The van der Waals surface area contributed by atoms with Crippen LogP contribution in [0.4, 0.5) is 4.79 Å². The molecule has 1 saturated heterocycles. The monoisotopic (exact) mass is 438 g/mol. The number of halogens is 1. The van der Waals surface area contributed by atoms with Crippen LogP contribution in [-0.4, -0.2) is 62.4 Å². The molecule has 1 atom stereocenters. The van der Waals surface area contributed by atoms with Gasteiger partial charge in [-0.2, -0.15) is 9.78 Å². The summed E-state index contributed by atoms with van der Waals surface area (Å²) in [4.78, 5) is 27.7. The van der Waals surface area contributed by atoms with Gasteiger partial charge in [-0.15, -0.1) is 0 Å². The molecule has 0 bridgehead atoms. The first-order valence-electron chi connectivity index (χ1n) is 10.1. The highest BCUT2D eigenvalue weighted by Gasteiger charge is 2.29. The Bertz CT molecular complexity index is 1100. The molecule has 7 nitrogen and oxygen atoms in total. The molecular weight excluding hydrogens is 416 g/mol. The van der Waals surface area contributed by atoms with Crippen molar-refractivity contribution in [2.75, 3.05) is 19.6 Å². The van der Waals surface area contributed by atoms with Crippen LogP contribution in [-0.2, 0) is 6.54 Å². The summed E-state index contributed by atoms with van der Waals surface area (Å²) in [6.45, 7) is 4.59. The van der Waals surface area contributed by atoms with Crippen LogP contribution in [0.25, 0.3) is 11.1 Å². The molecule has 2 heterocycles. The zero-order valence-corrected chi connectivity index (χ0v) is 17.9. The number of carbonyl (C=O) groups is 2. The molecule has 1 N–H and O–H groups in total. The van der Waals surface area contributed by atoms with Crippen LogP contribution in [0.3, 0.4) is 0 Å². The normalized spacial score (nSPS) is 17.0. The lowest BCUT2D eigenvalue weighted by Crippen LogP contribution is -2.54. The third kappa shape index (κ3) is 4.62. The number of aromatic carboxylic acids is 1. The molecule has 3 aromatic rings. The van der Waals surface area contributed by atoms with Crippen molar-refractivity contribution in [3.63, 3.8) is 0 Å². The number of hydrogen-bond donors (Lipinski definition) is 1. The first-order valence-corrected chi connectivity index (χ1v) is 10.5. The molecule has 8 heteroatoms. The van der Waals surface area contributed by atoms with Crippen LogP contribution in [0.15, 0.2) is 60.8 Å². The molecule has 0 spiro atoms. The van der Waals surface area contributed by atoms with Gasteiger partial charge in [-0.25, -0.2) is 9.59 Å². The third-order valence-corrected chi connectivity index (χ3v) is 5.87. The predicted molar refractivity (Wildman–Crippen MR) is 118 cm³/mol. The average Bonchev–Trinajstić information content (AvgIpc) is 3.26. The number of hydrogen-bond acceptors (Lipinski definition) is 4. The number of amides is 1. The molecule has 1 unspecified atom stereocenters. The van der Waals surface area contributed by atoms with E-state index in [1.54, 1.807) is 4.90 Å². The molecule has 1 aliphatic rings. The molecule has 2 aromatic carbocycles. The fourth-order valence-corrected chi connectivity index (χ4v) is 4.10. The Morgan fingerprint density at radius 3 is 2.52 bits per heavy atom. The van der Waals surface area contributed by atoms with Crippen molar-refractivity contribution in [2.24, 2.45) is 0 Å². The van der Waals surface area contributed by atoms with E-state index in [4.69, 9.17) is 16.7 Å². The lowest BCUT2D eigenvalue weighted by atomic mass is 10.0. The lowest BCUT2D eigenvalue weighted by Gasteiger charge is -2.39. The lowest BCUT2D eigenvalue weighted by molar-refractivity contribution is 0.0689. The van der Waals surface area contributed by atoms with Crippen LogP contribution in [0, 0.1) is 0 Å². The zero-order valence-electron chi connectivity index (χ0n) is 17.1. The van der Waals surface area contributed by atoms with E-state index >= 15 is 0 Å². The van der Waals surface area contributed by atoms with Crippen molar-refractivity contribution in [3.8, 4) is 11.1 Å². The highest BCUT2D eigenvalue weighted by atomic mass is 35.5. The minimum Gasteiger partial charge on any atom is -0.476 e. The van der Waals surface area contributed by atoms with Crippen molar-refractivity contribution in [1.29, 1.82) is 0 Å². The van der Waals surface area contributed by atoms with E-state index in [2.05, 4.69) is 34.3 Å². The SMILES string of the molecule is CC1CN(Cc2ccc(-c3ccccc3)cc2Cl)CCN1C(=O)n1ccc(C(=O)O)n1. The fourth-order valence-electron chi connectivity index (χ4n) is 3.86. The van der Waals surface area contributed by atoms with E-state index in [9.17, 15) is 9.59 Å². The maximum Gasteiger partial charge on any atom is 0.356 e. The maximum absolute atomic E-state index is 12.7. The van der Waals surface area contributed by atoms with Crippen molar-refractivity contribution < 1.29 is 14.7 Å². The van der Waals surface area contributed by atoms with Crippen LogP contribution in [0.2, 0.25) is 5.02 Å². The summed E-state index contributed by atoms with van der Waals surface area (Å²) < 4.78 is 1.09. The summed E-state index contributed by atoms with van der Waals surface area (Å²) in [7, 11) is 0. The molecule has 160 valence electrons. The molecule has 31 heavy (non-hydrogen) atoms. The molecule has 0 aliphatic carbocycles. The topological polar surface area (TPSA) is 78.7 Å². The number of carbonyl (C=O) groups excluding carboxylic acids is 1. The Hall–Kier alpha value is -3.16. The van der Waals surface area contributed by atoms with Gasteiger partial charge in [-0.05, 0) is 35.7 Å². The highest BCUT2D eigenvalue weighted by molar-refractivity contribution is 6.31. The van der Waals surface area contributed by atoms with Crippen LogP contribution in [0.1, 0.15) is 23.0 Å². The first-order chi connectivity index (χ1) is 14.9. The second-order valence-electron chi connectivity index (χ2n) is 7.68. The number of benzene rings is 2. The second kappa shape index (κ2) is 8.91. The van der Waals surface area contributed by atoms with Crippen molar-refractivity contribution >= 4 is 23.6 Å². The van der Waals surface area contributed by atoms with Gasteiger partial charge < -0.3 is 10.0 Å². The summed E-state index contributed by atoms with van der Waals surface area (Å²) in [6, 6.07) is 17.2. The van der Waals surface area contributed by atoms with Gasteiger partial charge >= 0.3 is 12.0 Å². The summed E-state index contributed by atoms with van der Waals surface area (Å²) in [6.07, 6.45) is 1.39. The molecule has 1 amide bonds. The average molecular weight is 439 g/mol. The largest absolute Gasteiger partial charge is 0.476 e. The van der Waals surface area contributed by atoms with E-state index in [0.717, 1.165) is 26.4 Å². The number of aromatic nitrogens is 2. The maximum atomic E-state index is 12.7. The quantitative estimate of drug-likeness (QED) is 0.664. The molecule has 0 saturated carbocycles. The van der Waals surface area contributed by atoms with Crippen molar-refractivity contribution in [2.45, 2.75) is 19.5 Å². The smallest absolute Gasteiger partial charge is 0.356 e. The van der Waals surface area contributed by atoms with Gasteiger partial charge in [-0.3, -0.25) is 4.90 Å². The molecule has 4 rings (SSSR count). The van der Waals surface area contributed by atoms with Gasteiger partial charge in [-0.1, -0.05) is 54.1 Å². The Morgan fingerprint density at radius 2 is 1.87 bits per heavy atom. The summed E-state index contributed by atoms with van der Waals surface area (Å²) in [5, 5.41) is 13.6. The standard InChI is InChI=1S/C23H23ClN4O3/c1-16-14-26(11-12-27(16)23(31)28-10-9-21(25-28)22(29)30)15-19-8-7-18(13-20(19)24)17-5-3-2-4-6-17/h2-10,13,16H,11-12,14-15H2,1H3,(H,29,30). The van der Waals surface area contributed by atoms with E-state index in [0.29, 0.717) is 26.2 Å². The number of carboxylic acids is 1. The van der Waals surface area contributed by atoms with E-state index in [1.165, 1.54) is 12.3 Å². The van der Waals surface area contributed by atoms with Gasteiger partial charge in [0.2, 0.25) is 0 Å². The van der Waals surface area contributed by atoms with Crippen LogP contribution < -0.4 is 0 Å². The Morgan fingerprint density at radius 1 is 1.10 bits per heavy atom. The van der Waals surface area contributed by atoms with Gasteiger partial charge in [0, 0.05) is 43.4 Å². The van der Waals surface area contributed by atoms with Crippen molar-refractivity contribution in [3.05, 3.63) is 77.1 Å². The Balaban J connectivity index is 1.40. The molecule has 1 aromatic heterocycles. The highest BCUT2D eigenvalue weighted by Crippen LogP contribution is 2.27. The first kappa shape index (κ1) is 21.1. The summed E-state index contributed by atoms with van der Waals surface area (Å²) in [5.41, 5.74) is 3.11. The molecular formula is C23H23ClN4O3. The number of piperazine rings is 1. The van der Waals surface area contributed by atoms with Crippen LogP contribution in [0.5, 0.6) is 0 Å². The second-order valence-corrected chi connectivity index (χ2v) is 8.09. The minimum atomic E-state index is -1.15. The van der Waals surface area contributed by atoms with E-state index in [1.807, 2.05) is 31.2 Å². The molecule has 0 radical (unpaired) electrons. The minimum absolute atomic E-state index is 0.0407. The molecule has 1 aliphatic heterocycles. The predicted octanol–water partition coefficient (Wildman–Crippen LogP) is 4.08. The fraction of sp³-hybridized carbons (Fsp3) is 0.261. The number of carboxylic acid groups (broad SMARTS) is 1. The van der Waals surface area contributed by atoms with Crippen LogP contribution >= 0.6 is 11.6 Å². The molecule has 1 fully saturated rings. The summed E-state index contributed by atoms with van der Waals surface area (Å²) >= 11 is 6.57. The Labute approximate surface area is 185 Å². The Kier molecular flexibility index (Phi) is 6.06. The number of rotatable bonds is 4. The zero-order chi connectivity index (χ0) is 22.0. The number of nitrogens with zero attached hydrogens (tertiary/aromatic N) is 4. The van der Waals surface area contributed by atoms with Gasteiger partial charge in [0.25, 0.3) is 0 Å². The van der Waals surface area contributed by atoms with Gasteiger partial charge in [0.05, 0.1) is 0 Å². The van der Waals surface area contributed by atoms with Gasteiger partial charge in [0.1, 0.15) is 0 Å². The van der Waals surface area contributed by atoms with Crippen molar-refractivity contribution in [1.82, 2.24) is 19.6 Å². The van der Waals surface area contributed by atoms with E-state index < -0.39 is 5.97 Å². The third-order valence-electron chi connectivity index (χ3n) is 5.52. The van der Waals surface area contributed by atoms with Gasteiger partial charge in [0.15, 0.2) is 5.69 Å².